The lowest BCUT2D eigenvalue weighted by molar-refractivity contribution is 0.101. The van der Waals surface area contributed by atoms with Crippen molar-refractivity contribution in [3.63, 3.8) is 0 Å². The van der Waals surface area contributed by atoms with E-state index in [4.69, 9.17) is 9.98 Å². The van der Waals surface area contributed by atoms with Gasteiger partial charge in [-0.3, -0.25) is 9.79 Å². The van der Waals surface area contributed by atoms with Gasteiger partial charge in [0, 0.05) is 22.8 Å². The largest absolute Gasteiger partial charge is 0.373 e. The first-order valence-corrected chi connectivity index (χ1v) is 11.0. The van der Waals surface area contributed by atoms with Crippen LogP contribution >= 0.6 is 11.3 Å². The molecule has 0 amide bonds. The Kier molecular flexibility index (Phi) is 6.54. The van der Waals surface area contributed by atoms with Crippen LogP contribution in [0.2, 0.25) is 0 Å². The highest BCUT2D eigenvalue weighted by atomic mass is 32.1. The first kappa shape index (κ1) is 21.7. The number of allylic oxidation sites excluding steroid dienone is 3. The molecule has 1 aromatic heterocycles. The first-order valence-electron chi connectivity index (χ1n) is 10.2. The summed E-state index contributed by atoms with van der Waals surface area (Å²) in [6, 6.07) is 0. The highest BCUT2D eigenvalue weighted by Gasteiger charge is 2.42. The van der Waals surface area contributed by atoms with Gasteiger partial charge in [-0.25, -0.2) is 4.99 Å². The summed E-state index contributed by atoms with van der Waals surface area (Å²) in [7, 11) is 4.19. The molecule has 0 saturated heterocycles. The number of thiophene rings is 1. The van der Waals surface area contributed by atoms with Gasteiger partial charge in [0.1, 0.15) is 10.8 Å². The number of amidine groups is 1. The van der Waals surface area contributed by atoms with Crippen molar-refractivity contribution >= 4 is 33.7 Å². The fraction of sp³-hybridized carbons (Fsp3) is 0.522. The van der Waals surface area contributed by atoms with Crippen molar-refractivity contribution in [3.05, 3.63) is 40.3 Å². The maximum Gasteiger partial charge on any atom is 0.163 e. The molecule has 1 aliphatic heterocycles. The zero-order chi connectivity index (χ0) is 21.2. The second-order valence-corrected chi connectivity index (χ2v) is 9.57. The lowest BCUT2D eigenvalue weighted by Gasteiger charge is -2.40. The SMILES string of the molecule is CC(=O)c1c(N=C2CN=C(NCCCN(C)C)C3C=CC=CC23C)sc(C)c1C. The molecule has 3 rings (SSSR count). The van der Waals surface area contributed by atoms with E-state index in [-0.39, 0.29) is 17.1 Å². The Labute approximate surface area is 178 Å². The maximum atomic E-state index is 12.2. The van der Waals surface area contributed by atoms with E-state index >= 15 is 0 Å². The quantitative estimate of drug-likeness (QED) is 0.558. The Balaban J connectivity index is 1.91. The molecule has 2 aliphatic rings. The average molecular weight is 413 g/mol. The number of nitrogens with zero attached hydrogens (tertiary/aromatic N) is 3. The van der Waals surface area contributed by atoms with Crippen LogP contribution in [0.4, 0.5) is 5.00 Å². The van der Waals surface area contributed by atoms with Crippen molar-refractivity contribution in [1.29, 1.82) is 0 Å². The minimum absolute atomic E-state index is 0.0783. The number of nitrogens with one attached hydrogen (secondary N) is 1. The maximum absolute atomic E-state index is 12.2. The van der Waals surface area contributed by atoms with E-state index in [0.717, 1.165) is 52.1 Å². The van der Waals surface area contributed by atoms with E-state index in [2.05, 4.69) is 62.5 Å². The molecule has 29 heavy (non-hydrogen) atoms. The summed E-state index contributed by atoms with van der Waals surface area (Å²) in [6.45, 7) is 10.4. The van der Waals surface area contributed by atoms with Gasteiger partial charge in [0.15, 0.2) is 5.78 Å². The van der Waals surface area contributed by atoms with Crippen LogP contribution in [0, 0.1) is 25.2 Å². The van der Waals surface area contributed by atoms with Crippen molar-refractivity contribution in [2.75, 3.05) is 33.7 Å². The lowest BCUT2D eigenvalue weighted by Crippen LogP contribution is -2.49. The van der Waals surface area contributed by atoms with E-state index in [9.17, 15) is 4.79 Å². The molecule has 1 aliphatic carbocycles. The Morgan fingerprint density at radius 3 is 2.83 bits per heavy atom. The van der Waals surface area contributed by atoms with Gasteiger partial charge in [-0.1, -0.05) is 24.3 Å². The van der Waals surface area contributed by atoms with Crippen LogP contribution in [-0.2, 0) is 0 Å². The van der Waals surface area contributed by atoms with Crippen LogP contribution in [0.15, 0.2) is 34.3 Å². The fourth-order valence-corrected chi connectivity index (χ4v) is 5.07. The van der Waals surface area contributed by atoms with Gasteiger partial charge in [0.2, 0.25) is 0 Å². The Morgan fingerprint density at radius 1 is 1.38 bits per heavy atom. The van der Waals surface area contributed by atoms with E-state index in [1.807, 2.05) is 6.92 Å². The van der Waals surface area contributed by atoms with Crippen LogP contribution in [0.25, 0.3) is 0 Å². The van der Waals surface area contributed by atoms with Crippen molar-refractivity contribution in [2.24, 2.45) is 21.3 Å². The molecule has 2 heterocycles. The molecule has 0 bridgehead atoms. The molecule has 2 unspecified atom stereocenters. The first-order chi connectivity index (χ1) is 13.7. The second kappa shape index (κ2) is 8.76. The molecule has 6 heteroatoms. The van der Waals surface area contributed by atoms with Crippen LogP contribution in [0.1, 0.15) is 41.1 Å². The van der Waals surface area contributed by atoms with E-state index in [0.29, 0.717) is 6.54 Å². The summed E-state index contributed by atoms with van der Waals surface area (Å²) in [5.74, 6) is 1.26. The van der Waals surface area contributed by atoms with Gasteiger partial charge in [0.25, 0.3) is 0 Å². The number of hydrogen-bond acceptors (Lipinski definition) is 6. The van der Waals surface area contributed by atoms with Crippen molar-refractivity contribution in [2.45, 2.75) is 34.1 Å². The smallest absolute Gasteiger partial charge is 0.163 e. The lowest BCUT2D eigenvalue weighted by atomic mass is 9.68. The average Bonchev–Trinajstić information content (AvgIpc) is 2.93. The van der Waals surface area contributed by atoms with Gasteiger partial charge < -0.3 is 10.2 Å². The van der Waals surface area contributed by atoms with Crippen LogP contribution < -0.4 is 5.32 Å². The summed E-state index contributed by atoms with van der Waals surface area (Å²) >= 11 is 1.60. The van der Waals surface area contributed by atoms with Crippen molar-refractivity contribution in [1.82, 2.24) is 10.2 Å². The Morgan fingerprint density at radius 2 is 2.14 bits per heavy atom. The van der Waals surface area contributed by atoms with Crippen molar-refractivity contribution < 1.29 is 4.79 Å². The summed E-state index contributed by atoms with van der Waals surface area (Å²) in [4.78, 5) is 25.4. The van der Waals surface area contributed by atoms with Gasteiger partial charge in [-0.2, -0.15) is 0 Å². The van der Waals surface area contributed by atoms with Crippen LogP contribution in [-0.4, -0.2) is 56.0 Å². The number of aliphatic imine (C=N–C) groups is 2. The molecule has 0 aromatic carbocycles. The molecule has 0 fully saturated rings. The molecule has 0 spiro atoms. The minimum Gasteiger partial charge on any atom is -0.373 e. The number of ketones is 1. The highest BCUT2D eigenvalue weighted by molar-refractivity contribution is 7.16. The van der Waals surface area contributed by atoms with E-state index in [1.165, 1.54) is 0 Å². The summed E-state index contributed by atoms with van der Waals surface area (Å²) in [5, 5.41) is 4.38. The standard InChI is InChI=1S/C23H32N4OS/c1-15-17(3)29-22(20(15)16(2)28)26-19-14-25-21(24-12-9-13-27(5)6)18-10-7-8-11-23(18,19)4/h7-8,10-11,18H,9,12-14H2,1-6H3,(H,24,25). The summed E-state index contributed by atoms with van der Waals surface area (Å²) in [5.41, 5.74) is 2.59. The van der Waals surface area contributed by atoms with Crippen LogP contribution in [0.3, 0.4) is 0 Å². The van der Waals surface area contributed by atoms with Gasteiger partial charge in [0.05, 0.1) is 17.8 Å². The third-order valence-corrected chi connectivity index (χ3v) is 6.96. The van der Waals surface area contributed by atoms with Gasteiger partial charge in [-0.05, 0) is 60.3 Å². The predicted molar refractivity (Wildman–Crippen MR) is 124 cm³/mol. The second-order valence-electron chi connectivity index (χ2n) is 8.37. The molecular weight excluding hydrogens is 380 g/mol. The number of carbonyl (C=O) groups is 1. The molecule has 2 atom stereocenters. The number of rotatable bonds is 6. The molecular formula is C23H32N4OS. The molecule has 5 nitrogen and oxygen atoms in total. The van der Waals surface area contributed by atoms with Crippen LogP contribution in [0.5, 0.6) is 0 Å². The van der Waals surface area contributed by atoms with Gasteiger partial charge in [-0.15, -0.1) is 11.3 Å². The monoisotopic (exact) mass is 412 g/mol. The molecule has 1 aromatic rings. The molecule has 156 valence electrons. The Bertz CT molecular complexity index is 906. The summed E-state index contributed by atoms with van der Waals surface area (Å²) in [6.07, 6.45) is 9.70. The third-order valence-electron chi connectivity index (χ3n) is 5.86. The number of fused-ring (bicyclic) bond motifs is 1. The van der Waals surface area contributed by atoms with E-state index < -0.39 is 0 Å². The van der Waals surface area contributed by atoms with E-state index in [1.54, 1.807) is 18.3 Å². The minimum atomic E-state index is -0.236. The number of aryl methyl sites for hydroxylation is 1. The fourth-order valence-electron chi connectivity index (χ4n) is 3.97. The third kappa shape index (κ3) is 4.43. The van der Waals surface area contributed by atoms with Crippen molar-refractivity contribution in [3.8, 4) is 0 Å². The molecule has 0 saturated carbocycles. The molecule has 1 N–H and O–H groups in total. The highest BCUT2D eigenvalue weighted by Crippen LogP contribution is 2.42. The Hall–Kier alpha value is -2.05. The summed E-state index contributed by atoms with van der Waals surface area (Å²) < 4.78 is 0. The number of hydrogen-bond donors (Lipinski definition) is 1. The normalized spacial score (nSPS) is 24.7. The van der Waals surface area contributed by atoms with Gasteiger partial charge >= 0.3 is 0 Å². The predicted octanol–water partition coefficient (Wildman–Crippen LogP) is 4.34. The topological polar surface area (TPSA) is 57.1 Å². The number of Topliss-reactive ketones (excluding diaryl/α,β-unsaturated/α-hetero) is 1. The number of carbonyl (C=O) groups excluding carboxylic acids is 1. The zero-order valence-corrected chi connectivity index (χ0v) is 19.2. The zero-order valence-electron chi connectivity index (χ0n) is 18.4. The molecule has 0 radical (unpaired) electrons.